The molecule has 2 heterocycles. The van der Waals surface area contributed by atoms with Crippen molar-refractivity contribution in [2.24, 2.45) is 0 Å². The van der Waals surface area contributed by atoms with E-state index in [-0.39, 0.29) is 5.92 Å². The second kappa shape index (κ2) is 11.0. The van der Waals surface area contributed by atoms with Crippen LogP contribution in [-0.2, 0) is 6.42 Å². The molecule has 1 amide bonds. The highest BCUT2D eigenvalue weighted by Gasteiger charge is 2.31. The van der Waals surface area contributed by atoms with Crippen LogP contribution in [-0.4, -0.2) is 39.3 Å². The molecule has 1 aliphatic rings. The first-order valence-corrected chi connectivity index (χ1v) is 11.1. The molecule has 158 valence electrons. The lowest BCUT2D eigenvalue weighted by atomic mass is 10.0. The zero-order chi connectivity index (χ0) is 20.5. The van der Waals surface area contributed by atoms with Gasteiger partial charge in [-0.05, 0) is 24.8 Å². The first kappa shape index (κ1) is 21.3. The number of carbonyl (C=O) groups is 1. The third kappa shape index (κ3) is 6.31. The quantitative estimate of drug-likeness (QED) is 0.477. The number of rotatable bonds is 11. The van der Waals surface area contributed by atoms with Crippen LogP contribution in [0.1, 0.15) is 82.1 Å². The van der Waals surface area contributed by atoms with Gasteiger partial charge in [-0.15, -0.1) is 0 Å². The van der Waals surface area contributed by atoms with Crippen LogP contribution in [0.2, 0.25) is 0 Å². The molecule has 1 aromatic carbocycles. The number of hydrogen-bond donors (Lipinski definition) is 1. The summed E-state index contributed by atoms with van der Waals surface area (Å²) in [6.45, 7) is 3.20. The molecule has 0 spiro atoms. The van der Waals surface area contributed by atoms with Crippen molar-refractivity contribution in [2.45, 2.75) is 77.0 Å². The Bertz CT molecular complexity index is 757. The van der Waals surface area contributed by atoms with E-state index in [2.05, 4.69) is 29.2 Å². The molecule has 3 rings (SSSR count). The van der Waals surface area contributed by atoms with Gasteiger partial charge < -0.3 is 14.5 Å². The third-order valence-corrected chi connectivity index (χ3v) is 5.78. The molecule has 1 aliphatic heterocycles. The van der Waals surface area contributed by atoms with E-state index in [4.69, 9.17) is 9.63 Å². The van der Waals surface area contributed by atoms with Crippen LogP contribution in [0.3, 0.4) is 0 Å². The summed E-state index contributed by atoms with van der Waals surface area (Å²) >= 11 is 0. The molecular formula is C23H33N3O3. The van der Waals surface area contributed by atoms with Crippen LogP contribution < -0.4 is 0 Å². The molecule has 0 radical (unpaired) electrons. The molecule has 1 N–H and O–H groups in total. The summed E-state index contributed by atoms with van der Waals surface area (Å²) in [5.74, 6) is 1.10. The van der Waals surface area contributed by atoms with Gasteiger partial charge in [-0.3, -0.25) is 0 Å². The summed E-state index contributed by atoms with van der Waals surface area (Å²) < 4.78 is 5.41. The maximum Gasteiger partial charge on any atom is 0.407 e. The lowest BCUT2D eigenvalue weighted by Gasteiger charge is -2.09. The smallest absolute Gasteiger partial charge is 0.407 e. The SMILES string of the molecule is CCCCCCCCCCc1ccc(-c2noc([C@@H]3CCN(C(=O)O)C3)n2)cc1. The molecule has 0 bridgehead atoms. The Kier molecular flexibility index (Phi) is 8.08. The van der Waals surface area contributed by atoms with Crippen molar-refractivity contribution < 1.29 is 14.4 Å². The fourth-order valence-corrected chi connectivity index (χ4v) is 3.94. The lowest BCUT2D eigenvalue weighted by molar-refractivity contribution is 0.154. The number of likely N-dealkylation sites (tertiary alicyclic amines) is 1. The van der Waals surface area contributed by atoms with Gasteiger partial charge >= 0.3 is 6.09 Å². The standard InChI is InChI=1S/C23H33N3O3/c1-2-3-4-5-6-7-8-9-10-18-11-13-19(14-12-18)21-24-22(29-25-21)20-15-16-26(17-20)23(27)28/h11-14,20H,2-10,15-17H2,1H3,(H,27,28)/t20-/m1/s1. The predicted molar refractivity (Wildman–Crippen MR) is 113 cm³/mol. The van der Waals surface area contributed by atoms with E-state index in [1.807, 2.05) is 12.1 Å². The van der Waals surface area contributed by atoms with Crippen molar-refractivity contribution in [1.29, 1.82) is 0 Å². The Hall–Kier alpha value is -2.37. The van der Waals surface area contributed by atoms with E-state index < -0.39 is 6.09 Å². The normalized spacial score (nSPS) is 16.4. The average Bonchev–Trinajstić information content (AvgIpc) is 3.40. The molecule has 0 saturated carbocycles. The number of amides is 1. The van der Waals surface area contributed by atoms with Crippen molar-refractivity contribution in [3.8, 4) is 11.4 Å². The second-order valence-corrected chi connectivity index (χ2v) is 8.09. The zero-order valence-corrected chi connectivity index (χ0v) is 17.5. The fourth-order valence-electron chi connectivity index (χ4n) is 3.94. The number of aromatic nitrogens is 2. The van der Waals surface area contributed by atoms with Crippen LogP contribution >= 0.6 is 0 Å². The van der Waals surface area contributed by atoms with E-state index in [9.17, 15) is 4.79 Å². The highest BCUT2D eigenvalue weighted by molar-refractivity contribution is 5.65. The Morgan fingerprint density at radius 1 is 1.10 bits per heavy atom. The monoisotopic (exact) mass is 399 g/mol. The molecule has 6 heteroatoms. The highest BCUT2D eigenvalue weighted by Crippen LogP contribution is 2.28. The van der Waals surface area contributed by atoms with Crippen LogP contribution in [0.5, 0.6) is 0 Å². The van der Waals surface area contributed by atoms with E-state index in [1.54, 1.807) is 0 Å². The van der Waals surface area contributed by atoms with Gasteiger partial charge in [0.05, 0.1) is 5.92 Å². The van der Waals surface area contributed by atoms with Gasteiger partial charge in [0, 0.05) is 18.7 Å². The maximum absolute atomic E-state index is 11.1. The summed E-state index contributed by atoms with van der Waals surface area (Å²) in [6, 6.07) is 8.39. The number of aryl methyl sites for hydroxylation is 1. The van der Waals surface area contributed by atoms with Gasteiger partial charge in [0.15, 0.2) is 0 Å². The summed E-state index contributed by atoms with van der Waals surface area (Å²) in [7, 11) is 0. The topological polar surface area (TPSA) is 79.5 Å². The number of unbranched alkanes of at least 4 members (excludes halogenated alkanes) is 7. The molecule has 1 atom stereocenters. The number of hydrogen-bond acceptors (Lipinski definition) is 4. The van der Waals surface area contributed by atoms with Gasteiger partial charge in [-0.2, -0.15) is 4.98 Å². The first-order valence-electron chi connectivity index (χ1n) is 11.1. The number of carboxylic acid groups (broad SMARTS) is 1. The fraction of sp³-hybridized carbons (Fsp3) is 0.609. The van der Waals surface area contributed by atoms with Gasteiger partial charge in [-0.25, -0.2) is 4.79 Å². The average molecular weight is 400 g/mol. The molecule has 1 saturated heterocycles. The van der Waals surface area contributed by atoms with Crippen molar-refractivity contribution in [2.75, 3.05) is 13.1 Å². The third-order valence-electron chi connectivity index (χ3n) is 5.78. The minimum Gasteiger partial charge on any atom is -0.465 e. The summed E-state index contributed by atoms with van der Waals surface area (Å²) in [5, 5.41) is 13.2. The van der Waals surface area contributed by atoms with E-state index in [0.29, 0.717) is 24.8 Å². The molecule has 29 heavy (non-hydrogen) atoms. The molecule has 0 aliphatic carbocycles. The highest BCUT2D eigenvalue weighted by atomic mass is 16.5. The van der Waals surface area contributed by atoms with Gasteiger partial charge in [0.1, 0.15) is 0 Å². The van der Waals surface area contributed by atoms with Crippen molar-refractivity contribution in [3.63, 3.8) is 0 Å². The summed E-state index contributed by atoms with van der Waals surface area (Å²) in [5.41, 5.74) is 2.28. The van der Waals surface area contributed by atoms with Crippen LogP contribution in [0.15, 0.2) is 28.8 Å². The van der Waals surface area contributed by atoms with Crippen molar-refractivity contribution in [1.82, 2.24) is 15.0 Å². The summed E-state index contributed by atoms with van der Waals surface area (Å²) in [4.78, 5) is 17.0. The molecule has 6 nitrogen and oxygen atoms in total. The Morgan fingerprint density at radius 3 is 2.45 bits per heavy atom. The Morgan fingerprint density at radius 2 is 1.79 bits per heavy atom. The van der Waals surface area contributed by atoms with Gasteiger partial charge in [-0.1, -0.05) is 81.3 Å². The van der Waals surface area contributed by atoms with Crippen LogP contribution in [0.4, 0.5) is 4.79 Å². The van der Waals surface area contributed by atoms with Gasteiger partial charge in [0.2, 0.25) is 11.7 Å². The molecule has 1 fully saturated rings. The lowest BCUT2D eigenvalue weighted by Crippen LogP contribution is -2.26. The zero-order valence-electron chi connectivity index (χ0n) is 17.5. The molecular weight excluding hydrogens is 366 g/mol. The Balaban J connectivity index is 1.42. The van der Waals surface area contributed by atoms with E-state index in [1.165, 1.54) is 61.8 Å². The van der Waals surface area contributed by atoms with Crippen molar-refractivity contribution in [3.05, 3.63) is 35.7 Å². The van der Waals surface area contributed by atoms with E-state index >= 15 is 0 Å². The first-order chi connectivity index (χ1) is 14.2. The maximum atomic E-state index is 11.1. The molecule has 0 unspecified atom stereocenters. The minimum atomic E-state index is -0.890. The molecule has 1 aromatic heterocycles. The van der Waals surface area contributed by atoms with E-state index in [0.717, 1.165) is 18.4 Å². The predicted octanol–water partition coefficient (Wildman–Crippen LogP) is 5.89. The number of benzene rings is 1. The largest absolute Gasteiger partial charge is 0.465 e. The number of nitrogens with zero attached hydrogens (tertiary/aromatic N) is 3. The summed E-state index contributed by atoms with van der Waals surface area (Å²) in [6.07, 6.45) is 11.6. The minimum absolute atomic E-state index is 0.00593. The second-order valence-electron chi connectivity index (χ2n) is 8.09. The van der Waals surface area contributed by atoms with Gasteiger partial charge in [0.25, 0.3) is 0 Å². The Labute approximate surface area is 173 Å². The molecule has 2 aromatic rings. The van der Waals surface area contributed by atoms with Crippen LogP contribution in [0.25, 0.3) is 11.4 Å². The van der Waals surface area contributed by atoms with Crippen molar-refractivity contribution >= 4 is 6.09 Å². The van der Waals surface area contributed by atoms with Crippen LogP contribution in [0, 0.1) is 0 Å².